The highest BCUT2D eigenvalue weighted by Crippen LogP contribution is 2.42. The molecular formula is C57H66N12O7. The number of benzene rings is 2. The van der Waals surface area contributed by atoms with Crippen LogP contribution in [0, 0.1) is 5.41 Å². The minimum absolute atomic E-state index is 0.110. The smallest absolute Gasteiger partial charge is 0.276 e. The lowest BCUT2D eigenvalue weighted by Crippen LogP contribution is -2.58. The summed E-state index contributed by atoms with van der Waals surface area (Å²) in [7, 11) is 3.00. The first kappa shape index (κ1) is 50.5. The first-order valence-electron chi connectivity index (χ1n) is 26.4. The number of likely N-dealkylation sites (N-methyl/N-ethyl adjacent to an activating group) is 1. The molecule has 3 saturated heterocycles. The van der Waals surface area contributed by atoms with Gasteiger partial charge in [-0.25, -0.2) is 15.0 Å². The quantitative estimate of drug-likeness (QED) is 0.0947. The third-order valence-electron chi connectivity index (χ3n) is 16.6. The fourth-order valence-electron chi connectivity index (χ4n) is 12.7. The molecule has 5 amide bonds. The summed E-state index contributed by atoms with van der Waals surface area (Å²) in [5.74, 6) is -0.274. The maximum atomic E-state index is 14.1. The molecule has 3 aromatic heterocycles. The Hall–Kier alpha value is -7.64. The van der Waals surface area contributed by atoms with E-state index in [-0.39, 0.29) is 65.9 Å². The molecule has 4 atom stereocenters. The van der Waals surface area contributed by atoms with E-state index in [1.165, 1.54) is 31.5 Å². The number of carbonyl (C=O) groups is 5. The number of methoxy groups -OCH3 is 1. The van der Waals surface area contributed by atoms with Gasteiger partial charge in [-0.1, -0.05) is 20.4 Å². The number of hydrogen-bond donors (Lipinski definition) is 3. The van der Waals surface area contributed by atoms with Gasteiger partial charge in [-0.2, -0.15) is 0 Å². The fourth-order valence-corrected chi connectivity index (χ4v) is 12.7. The lowest BCUT2D eigenvalue weighted by molar-refractivity contribution is -0.150. The largest absolute Gasteiger partial charge is 0.478 e. The average Bonchev–Trinajstić information content (AvgIpc) is 4.06. The molecule has 2 aromatic carbocycles. The van der Waals surface area contributed by atoms with E-state index in [0.717, 1.165) is 73.7 Å². The molecule has 5 aromatic rings. The zero-order valence-electron chi connectivity index (χ0n) is 44.1. The molecule has 396 valence electrons. The molecular weight excluding hydrogens is 965 g/mol. The van der Waals surface area contributed by atoms with Crippen LogP contribution in [0.2, 0.25) is 0 Å². The van der Waals surface area contributed by atoms with Crippen molar-refractivity contribution < 1.29 is 33.8 Å². The van der Waals surface area contributed by atoms with Crippen LogP contribution in [0.15, 0.2) is 73.6 Å². The predicted molar refractivity (Wildman–Crippen MR) is 289 cm³/mol. The molecule has 0 bridgehead atoms. The number of piperazine rings is 1. The highest BCUT2D eigenvalue weighted by molar-refractivity contribution is 6.07. The van der Waals surface area contributed by atoms with Crippen molar-refractivity contribution in [1.82, 2.24) is 34.2 Å². The summed E-state index contributed by atoms with van der Waals surface area (Å²) in [5.41, 5.74) is 9.40. The van der Waals surface area contributed by atoms with Crippen LogP contribution in [0.4, 0.5) is 34.4 Å². The molecule has 19 heteroatoms. The second-order valence-corrected chi connectivity index (χ2v) is 22.0. The lowest BCUT2D eigenvalue weighted by Gasteiger charge is -2.48. The highest BCUT2D eigenvalue weighted by Gasteiger charge is 2.43. The second kappa shape index (κ2) is 19.8. The minimum atomic E-state index is -0.631. The van der Waals surface area contributed by atoms with Gasteiger partial charge in [-0.15, -0.1) is 0 Å². The van der Waals surface area contributed by atoms with Crippen molar-refractivity contribution in [3.8, 4) is 17.1 Å². The number of amides is 5. The molecule has 1 aliphatic carbocycles. The van der Waals surface area contributed by atoms with Gasteiger partial charge < -0.3 is 39.7 Å². The van der Waals surface area contributed by atoms with Crippen LogP contribution in [0.25, 0.3) is 11.3 Å². The summed E-state index contributed by atoms with van der Waals surface area (Å²) in [6, 6.07) is 15.7. The number of nitrogens with one attached hydrogen (secondary N) is 2. The SMILES string of the molecule is C=CC(=O)Nc1cc(Nc2nc(-c3ccnc(N4CCn5c(cc6c5CC(C)(C)C6)C4=O)c3CO)cnc2OC)ccc1N1CCN(C2CCN(c3ccc4c(c3)CN(C3CCC(=O)N(C)C3=O)C4=O)[C@@H](C)C2)C[C@@H]1C. The Morgan fingerprint density at radius 2 is 1.72 bits per heavy atom. The first-order valence-corrected chi connectivity index (χ1v) is 26.4. The number of fused-ring (bicyclic) bond motifs is 4. The number of nitrogens with zero attached hydrogens (tertiary/aromatic N) is 10. The maximum Gasteiger partial charge on any atom is 0.276 e. The van der Waals surface area contributed by atoms with Gasteiger partial charge in [0.15, 0.2) is 5.82 Å². The summed E-state index contributed by atoms with van der Waals surface area (Å²) in [5, 5.41) is 17.3. The zero-order chi connectivity index (χ0) is 53.3. The summed E-state index contributed by atoms with van der Waals surface area (Å²) < 4.78 is 7.83. The Morgan fingerprint density at radius 3 is 2.49 bits per heavy atom. The van der Waals surface area contributed by atoms with Gasteiger partial charge in [-0.05, 0) is 117 Å². The normalized spacial score (nSPS) is 22.4. The fraction of sp³-hybridized carbons (Fsp3) is 0.439. The van der Waals surface area contributed by atoms with E-state index in [9.17, 15) is 29.1 Å². The topological polar surface area (TPSA) is 202 Å². The van der Waals surface area contributed by atoms with Crippen LogP contribution in [-0.2, 0) is 46.9 Å². The molecule has 3 N–H and O–H groups in total. The number of imide groups is 1. The number of likely N-dealkylation sites (tertiary alicyclic amines) is 1. The minimum Gasteiger partial charge on any atom is -0.478 e. The van der Waals surface area contributed by atoms with E-state index in [1.54, 1.807) is 28.3 Å². The second-order valence-electron chi connectivity index (χ2n) is 22.0. The third-order valence-corrected chi connectivity index (χ3v) is 16.6. The van der Waals surface area contributed by atoms with Gasteiger partial charge in [0.05, 0.1) is 37.0 Å². The van der Waals surface area contributed by atoms with E-state index in [4.69, 9.17) is 9.72 Å². The summed E-state index contributed by atoms with van der Waals surface area (Å²) in [4.78, 5) is 91.7. The molecule has 0 radical (unpaired) electrons. The van der Waals surface area contributed by atoms with Crippen molar-refractivity contribution in [3.05, 3.63) is 107 Å². The van der Waals surface area contributed by atoms with Crippen molar-refractivity contribution >= 4 is 63.9 Å². The van der Waals surface area contributed by atoms with Crippen molar-refractivity contribution in [3.63, 3.8) is 0 Å². The number of anilines is 6. The number of aliphatic hydroxyl groups is 1. The maximum absolute atomic E-state index is 14.1. The van der Waals surface area contributed by atoms with Gasteiger partial charge in [-0.3, -0.25) is 38.7 Å². The van der Waals surface area contributed by atoms with E-state index in [1.807, 2.05) is 36.4 Å². The zero-order valence-corrected chi connectivity index (χ0v) is 44.1. The number of ether oxygens (including phenoxy) is 1. The number of rotatable bonds is 12. The van der Waals surface area contributed by atoms with E-state index in [0.29, 0.717) is 83.2 Å². The Balaban J connectivity index is 0.766. The average molecular weight is 1030 g/mol. The van der Waals surface area contributed by atoms with Crippen LogP contribution in [0.5, 0.6) is 5.88 Å². The van der Waals surface area contributed by atoms with Gasteiger partial charge in [0.1, 0.15) is 17.6 Å². The number of piperidine rings is 2. The molecule has 2 unspecified atom stereocenters. The standard InChI is InChI=1S/C57H66N12O7/c1-8-49(71)61-43-26-37(60-51-53(76-7)59-29-44(62-51)41-15-17-58-52(42(41)32-70)68-22-21-67-47(56(68)75)25-35-27-57(4,5)28-48(35)67)9-12-45(43)66-20-19-64(30-34(66)3)38-16-18-65(33(2)23-38)39-10-11-40-36(24-39)31-69(54(40)73)46-13-14-50(72)63(6)55(46)74/h8-12,15,17,24-26,29,33-34,38,46,70H,1,13-14,16,18-23,27-28,30-32H2,2-7H3,(H,60,62)(H,61,71)/t33-,34-,38?,46?/m0/s1. The molecule has 76 heavy (non-hydrogen) atoms. The van der Waals surface area contributed by atoms with Crippen LogP contribution < -0.4 is 30.1 Å². The van der Waals surface area contributed by atoms with Gasteiger partial charge in [0.25, 0.3) is 23.6 Å². The van der Waals surface area contributed by atoms with Crippen molar-refractivity contribution in [2.45, 2.75) is 110 Å². The summed E-state index contributed by atoms with van der Waals surface area (Å²) in [6.07, 6.45) is 8.83. The third kappa shape index (κ3) is 9.01. The van der Waals surface area contributed by atoms with Crippen LogP contribution in [0.1, 0.15) is 96.6 Å². The van der Waals surface area contributed by atoms with Gasteiger partial charge in [0, 0.05) is 117 Å². The monoisotopic (exact) mass is 1030 g/mol. The molecule has 0 saturated carbocycles. The van der Waals surface area contributed by atoms with Crippen molar-refractivity contribution in [2.24, 2.45) is 5.41 Å². The lowest BCUT2D eigenvalue weighted by atomic mass is 9.90. The Morgan fingerprint density at radius 1 is 0.895 bits per heavy atom. The van der Waals surface area contributed by atoms with Crippen LogP contribution in [-0.4, -0.2) is 140 Å². The Kier molecular flexibility index (Phi) is 13.2. The number of aromatic nitrogens is 4. The Bertz CT molecular complexity index is 3210. The summed E-state index contributed by atoms with van der Waals surface area (Å²) in [6.45, 7) is 17.0. The number of pyridine rings is 1. The molecule has 11 rings (SSSR count). The van der Waals surface area contributed by atoms with Crippen LogP contribution in [0.3, 0.4) is 0 Å². The van der Waals surface area contributed by atoms with Gasteiger partial charge in [0.2, 0.25) is 11.8 Å². The molecule has 19 nitrogen and oxygen atoms in total. The van der Waals surface area contributed by atoms with E-state index in [2.05, 4.69) is 80.2 Å². The number of hydrogen-bond acceptors (Lipinski definition) is 14. The van der Waals surface area contributed by atoms with E-state index >= 15 is 0 Å². The van der Waals surface area contributed by atoms with Crippen molar-refractivity contribution in [1.29, 1.82) is 0 Å². The highest BCUT2D eigenvalue weighted by atomic mass is 16.5. The first-order chi connectivity index (χ1) is 36.5. The molecule has 6 aliphatic rings. The van der Waals surface area contributed by atoms with Crippen molar-refractivity contribution in [2.75, 3.05) is 72.2 Å². The molecule has 0 spiro atoms. The molecule has 5 aliphatic heterocycles. The predicted octanol–water partition coefficient (Wildman–Crippen LogP) is 6.17. The number of aliphatic hydroxyl groups excluding tert-OH is 1. The molecule has 8 heterocycles. The Labute approximate surface area is 442 Å². The van der Waals surface area contributed by atoms with E-state index < -0.39 is 6.04 Å². The van der Waals surface area contributed by atoms with Crippen LogP contribution >= 0.6 is 0 Å². The summed E-state index contributed by atoms with van der Waals surface area (Å²) >= 11 is 0. The van der Waals surface area contributed by atoms with Gasteiger partial charge >= 0.3 is 0 Å². The molecule has 3 fully saturated rings. The number of carbonyl (C=O) groups excluding carboxylic acids is 5.